The molecule has 25 heavy (non-hydrogen) atoms. The van der Waals surface area contributed by atoms with Gasteiger partial charge in [-0.25, -0.2) is 8.78 Å². The van der Waals surface area contributed by atoms with E-state index >= 15 is 0 Å². The lowest BCUT2D eigenvalue weighted by atomic mass is 9.91. The average molecular weight is 347 g/mol. The van der Waals surface area contributed by atoms with Gasteiger partial charge in [-0.05, 0) is 63.1 Å². The normalized spacial score (nSPS) is 21.6. The molecule has 4 nitrogen and oxygen atoms in total. The number of piperidine rings is 1. The minimum Gasteiger partial charge on any atom is -0.424 e. The highest BCUT2D eigenvalue weighted by atomic mass is 19.1. The van der Waals surface area contributed by atoms with Crippen LogP contribution in [0.1, 0.15) is 55.4 Å². The molecular formula is C19H23F2N3O. The fraction of sp³-hybridized carbons (Fsp3) is 0.579. The van der Waals surface area contributed by atoms with Crippen LogP contribution in [0.3, 0.4) is 0 Å². The number of hydrogen-bond acceptors (Lipinski definition) is 4. The summed E-state index contributed by atoms with van der Waals surface area (Å²) >= 11 is 0. The number of benzene rings is 1. The Hall–Kier alpha value is -1.82. The second-order valence-corrected chi connectivity index (χ2v) is 7.29. The first-order valence-electron chi connectivity index (χ1n) is 9.16. The molecule has 6 heteroatoms. The Kier molecular flexibility index (Phi) is 4.79. The predicted octanol–water partition coefficient (Wildman–Crippen LogP) is 4.07. The van der Waals surface area contributed by atoms with E-state index in [-0.39, 0.29) is 5.56 Å². The van der Waals surface area contributed by atoms with Crippen molar-refractivity contribution in [1.29, 1.82) is 0 Å². The Bertz CT molecular complexity index is 709. The quantitative estimate of drug-likeness (QED) is 0.790. The van der Waals surface area contributed by atoms with Gasteiger partial charge in [-0.15, -0.1) is 10.2 Å². The number of nitrogens with zero attached hydrogens (tertiary/aromatic N) is 3. The summed E-state index contributed by atoms with van der Waals surface area (Å²) in [5.74, 6) is 1.50. The molecule has 4 rings (SSSR count). The highest BCUT2D eigenvalue weighted by Gasteiger charge is 2.30. The Balaban J connectivity index is 1.31. The van der Waals surface area contributed by atoms with Gasteiger partial charge < -0.3 is 4.42 Å². The molecule has 1 aromatic heterocycles. The zero-order valence-electron chi connectivity index (χ0n) is 14.3. The van der Waals surface area contributed by atoms with Crippen molar-refractivity contribution in [3.63, 3.8) is 0 Å². The Morgan fingerprint density at radius 3 is 2.68 bits per heavy atom. The highest BCUT2D eigenvalue weighted by molar-refractivity contribution is 5.19. The van der Waals surface area contributed by atoms with Gasteiger partial charge in [0, 0.05) is 18.0 Å². The second kappa shape index (κ2) is 7.20. The summed E-state index contributed by atoms with van der Waals surface area (Å²) in [5, 5.41) is 8.29. The second-order valence-electron chi connectivity index (χ2n) is 7.29. The van der Waals surface area contributed by atoms with Crippen LogP contribution in [-0.2, 0) is 13.0 Å². The van der Waals surface area contributed by atoms with E-state index in [1.54, 1.807) is 0 Å². The molecule has 2 heterocycles. The first kappa shape index (κ1) is 16.6. The maximum Gasteiger partial charge on any atom is 0.230 e. The summed E-state index contributed by atoms with van der Waals surface area (Å²) in [6, 6.07) is 4.08. The van der Waals surface area contributed by atoms with E-state index in [4.69, 9.17) is 4.42 Å². The zero-order chi connectivity index (χ0) is 17.2. The van der Waals surface area contributed by atoms with E-state index < -0.39 is 11.6 Å². The summed E-state index contributed by atoms with van der Waals surface area (Å²) in [6.07, 6.45) is 5.74. The van der Waals surface area contributed by atoms with Crippen LogP contribution in [0.4, 0.5) is 8.78 Å². The van der Waals surface area contributed by atoms with Crippen LogP contribution < -0.4 is 0 Å². The lowest BCUT2D eigenvalue weighted by Crippen LogP contribution is -2.35. The molecule has 0 bridgehead atoms. The van der Waals surface area contributed by atoms with Crippen LogP contribution in [0.15, 0.2) is 22.6 Å². The molecule has 0 radical (unpaired) electrons. The molecule has 1 atom stereocenters. The average Bonchev–Trinajstić information content (AvgIpc) is 3.35. The van der Waals surface area contributed by atoms with Crippen molar-refractivity contribution in [3.8, 4) is 0 Å². The van der Waals surface area contributed by atoms with Gasteiger partial charge in [0.25, 0.3) is 0 Å². The van der Waals surface area contributed by atoms with E-state index in [9.17, 15) is 8.78 Å². The van der Waals surface area contributed by atoms with Gasteiger partial charge in [0.05, 0.1) is 6.54 Å². The molecule has 1 aliphatic heterocycles. The minimum atomic E-state index is -0.439. The Morgan fingerprint density at radius 2 is 1.92 bits per heavy atom. The van der Waals surface area contributed by atoms with Crippen molar-refractivity contribution >= 4 is 0 Å². The highest BCUT2D eigenvalue weighted by Crippen LogP contribution is 2.39. The van der Waals surface area contributed by atoms with Gasteiger partial charge in [0.1, 0.15) is 11.6 Å². The molecule has 0 unspecified atom stereocenters. The topological polar surface area (TPSA) is 42.2 Å². The smallest absolute Gasteiger partial charge is 0.230 e. The van der Waals surface area contributed by atoms with Crippen LogP contribution in [0.2, 0.25) is 0 Å². The molecule has 134 valence electrons. The van der Waals surface area contributed by atoms with Crippen molar-refractivity contribution in [2.24, 2.45) is 5.92 Å². The fourth-order valence-electron chi connectivity index (χ4n) is 3.67. The molecule has 2 aromatic rings. The third kappa shape index (κ3) is 4.06. The molecule has 2 fully saturated rings. The fourth-order valence-corrected chi connectivity index (χ4v) is 3.67. The Labute approximate surface area is 146 Å². The number of likely N-dealkylation sites (tertiary alicyclic amines) is 1. The minimum absolute atomic E-state index is 0.214. The lowest BCUT2D eigenvalue weighted by Gasteiger charge is -2.31. The van der Waals surface area contributed by atoms with E-state index in [1.807, 2.05) is 0 Å². The summed E-state index contributed by atoms with van der Waals surface area (Å²) in [6.45, 7) is 2.59. The molecule has 1 aliphatic carbocycles. The molecule has 1 saturated heterocycles. The maximum atomic E-state index is 13.8. The van der Waals surface area contributed by atoms with Crippen LogP contribution in [0.25, 0.3) is 0 Å². The van der Waals surface area contributed by atoms with Gasteiger partial charge in [-0.1, -0.05) is 6.07 Å². The SMILES string of the molecule is Fc1cccc(F)c1CC[C@H]1CCCN(Cc2nnc(C3CC3)o2)C1. The van der Waals surface area contributed by atoms with Crippen LogP contribution in [0.5, 0.6) is 0 Å². The van der Waals surface area contributed by atoms with Crippen molar-refractivity contribution in [2.75, 3.05) is 13.1 Å². The van der Waals surface area contributed by atoms with Gasteiger partial charge >= 0.3 is 0 Å². The number of rotatable bonds is 6. The first-order valence-corrected chi connectivity index (χ1v) is 9.16. The standard InChI is InChI=1S/C19H23F2N3O/c20-16-4-1-5-17(21)15(16)9-6-13-3-2-10-24(11-13)12-18-22-23-19(25-18)14-7-8-14/h1,4-5,13-14H,2-3,6-12H2/t13-/m1/s1. The van der Waals surface area contributed by atoms with E-state index in [0.29, 0.717) is 30.7 Å². The third-order valence-corrected chi connectivity index (χ3v) is 5.24. The number of aromatic nitrogens is 2. The first-order chi connectivity index (χ1) is 12.2. The molecule has 0 spiro atoms. The molecule has 0 amide bonds. The monoisotopic (exact) mass is 347 g/mol. The van der Waals surface area contributed by atoms with Crippen LogP contribution >= 0.6 is 0 Å². The third-order valence-electron chi connectivity index (χ3n) is 5.24. The van der Waals surface area contributed by atoms with Crippen molar-refractivity contribution in [3.05, 3.63) is 47.2 Å². The molecular weight excluding hydrogens is 324 g/mol. The van der Waals surface area contributed by atoms with Crippen LogP contribution in [-0.4, -0.2) is 28.2 Å². The van der Waals surface area contributed by atoms with Gasteiger partial charge in [-0.3, -0.25) is 4.90 Å². The summed E-state index contributed by atoms with van der Waals surface area (Å²) < 4.78 is 33.3. The van der Waals surface area contributed by atoms with E-state index in [2.05, 4.69) is 15.1 Å². The van der Waals surface area contributed by atoms with Crippen molar-refractivity contribution in [1.82, 2.24) is 15.1 Å². The van der Waals surface area contributed by atoms with E-state index in [0.717, 1.165) is 51.1 Å². The van der Waals surface area contributed by atoms with Crippen molar-refractivity contribution in [2.45, 2.75) is 51.0 Å². The van der Waals surface area contributed by atoms with Gasteiger partial charge in [0.15, 0.2) is 0 Å². The number of hydrogen-bond donors (Lipinski definition) is 0. The summed E-state index contributed by atoms with van der Waals surface area (Å²) in [5.41, 5.74) is 0.214. The lowest BCUT2D eigenvalue weighted by molar-refractivity contribution is 0.148. The maximum absolute atomic E-state index is 13.8. The van der Waals surface area contributed by atoms with Crippen molar-refractivity contribution < 1.29 is 13.2 Å². The molecule has 1 saturated carbocycles. The summed E-state index contributed by atoms with van der Waals surface area (Å²) in [4.78, 5) is 2.32. The number of halogens is 2. The summed E-state index contributed by atoms with van der Waals surface area (Å²) in [7, 11) is 0. The molecule has 2 aliphatic rings. The molecule has 1 aromatic carbocycles. The van der Waals surface area contributed by atoms with Crippen LogP contribution in [0, 0.1) is 17.6 Å². The largest absolute Gasteiger partial charge is 0.424 e. The zero-order valence-corrected chi connectivity index (χ0v) is 14.3. The van der Waals surface area contributed by atoms with Gasteiger partial charge in [-0.2, -0.15) is 0 Å². The molecule has 0 N–H and O–H groups in total. The van der Waals surface area contributed by atoms with E-state index in [1.165, 1.54) is 18.2 Å². The Morgan fingerprint density at radius 1 is 1.12 bits per heavy atom. The predicted molar refractivity (Wildman–Crippen MR) is 89.0 cm³/mol. The van der Waals surface area contributed by atoms with Gasteiger partial charge in [0.2, 0.25) is 11.8 Å².